The molecule has 0 aliphatic heterocycles. The van der Waals surface area contributed by atoms with Gasteiger partial charge in [0.05, 0.1) is 17.8 Å². The second-order valence-electron chi connectivity index (χ2n) is 6.92. The van der Waals surface area contributed by atoms with Crippen LogP contribution in [0.1, 0.15) is 35.3 Å². The summed E-state index contributed by atoms with van der Waals surface area (Å²) >= 11 is 0. The third kappa shape index (κ3) is 4.36. The van der Waals surface area contributed by atoms with Gasteiger partial charge in [-0.2, -0.15) is 5.26 Å². The fourth-order valence-electron chi connectivity index (χ4n) is 3.28. The number of nitriles is 1. The molecule has 0 aliphatic carbocycles. The minimum Gasteiger partial charge on any atom is -0.310 e. The lowest BCUT2D eigenvalue weighted by Gasteiger charge is -2.16. The van der Waals surface area contributed by atoms with Crippen LogP contribution in [0.5, 0.6) is 0 Å². The molecule has 148 valence electrons. The smallest absolute Gasteiger partial charge is 0.239 e. The number of benzene rings is 2. The summed E-state index contributed by atoms with van der Waals surface area (Å²) in [5, 5.41) is 15.6. The van der Waals surface area contributed by atoms with Crippen LogP contribution in [0.25, 0.3) is 5.69 Å². The molecule has 0 fully saturated rings. The summed E-state index contributed by atoms with van der Waals surface area (Å²) in [5.74, 6) is -0.311. The lowest BCUT2D eigenvalue weighted by Crippen LogP contribution is -2.31. The van der Waals surface area contributed by atoms with Crippen molar-refractivity contribution in [3.05, 3.63) is 82.8 Å². The number of anilines is 1. The lowest BCUT2D eigenvalue weighted by molar-refractivity contribution is -0.115. The maximum atomic E-state index is 13.8. The average molecular weight is 390 g/mol. The second-order valence-corrected chi connectivity index (χ2v) is 6.92. The van der Waals surface area contributed by atoms with Gasteiger partial charge in [0.25, 0.3) is 0 Å². The molecule has 2 N–H and O–H groups in total. The highest BCUT2D eigenvalue weighted by molar-refractivity contribution is 5.93. The summed E-state index contributed by atoms with van der Waals surface area (Å²) in [7, 11) is 0. The van der Waals surface area contributed by atoms with E-state index >= 15 is 0 Å². The molecule has 0 saturated carbocycles. The minimum atomic E-state index is -0.387. The Morgan fingerprint density at radius 2 is 1.90 bits per heavy atom. The zero-order valence-electron chi connectivity index (χ0n) is 16.7. The predicted octanol–water partition coefficient (Wildman–Crippen LogP) is 4.39. The molecular weight excluding hydrogens is 367 g/mol. The Balaban J connectivity index is 1.84. The molecule has 6 heteroatoms. The monoisotopic (exact) mass is 390 g/mol. The van der Waals surface area contributed by atoms with Crippen LogP contribution in [-0.2, 0) is 4.79 Å². The van der Waals surface area contributed by atoms with Crippen molar-refractivity contribution < 1.29 is 9.18 Å². The number of hydrogen-bond donors (Lipinski definition) is 2. The Morgan fingerprint density at radius 1 is 1.17 bits per heavy atom. The van der Waals surface area contributed by atoms with Crippen LogP contribution < -0.4 is 10.6 Å². The van der Waals surface area contributed by atoms with Gasteiger partial charge >= 0.3 is 0 Å². The first-order valence-electron chi connectivity index (χ1n) is 9.38. The molecule has 29 heavy (non-hydrogen) atoms. The summed E-state index contributed by atoms with van der Waals surface area (Å²) in [6, 6.07) is 18.0. The molecular formula is C23H23FN4O. The summed E-state index contributed by atoms with van der Waals surface area (Å²) in [6.45, 7) is 5.71. The number of aromatic nitrogens is 1. The normalized spacial score (nSPS) is 11.7. The third-order valence-electron chi connectivity index (χ3n) is 5.02. The fourth-order valence-corrected chi connectivity index (χ4v) is 3.28. The van der Waals surface area contributed by atoms with Crippen LogP contribution in [-0.4, -0.2) is 17.0 Å². The van der Waals surface area contributed by atoms with E-state index in [-0.39, 0.29) is 24.3 Å². The first-order chi connectivity index (χ1) is 13.9. The van der Waals surface area contributed by atoms with Crippen LogP contribution in [0.4, 0.5) is 10.2 Å². The van der Waals surface area contributed by atoms with Gasteiger partial charge < -0.3 is 10.6 Å². The SMILES string of the molecule is Cc1c(C#N)c(NC(=O)CN[C@H](C)c2ccccc2)n(-c2cccc(F)c2)c1C. The van der Waals surface area contributed by atoms with E-state index in [0.717, 1.165) is 16.8 Å². The van der Waals surface area contributed by atoms with E-state index in [1.165, 1.54) is 12.1 Å². The molecule has 0 bridgehead atoms. The van der Waals surface area contributed by atoms with E-state index < -0.39 is 0 Å². The van der Waals surface area contributed by atoms with Gasteiger partial charge in [0.15, 0.2) is 0 Å². The number of nitrogens with zero attached hydrogens (tertiary/aromatic N) is 2. The van der Waals surface area contributed by atoms with Gasteiger partial charge in [-0.3, -0.25) is 9.36 Å². The maximum Gasteiger partial charge on any atom is 0.239 e. The van der Waals surface area contributed by atoms with Crippen molar-refractivity contribution in [2.45, 2.75) is 26.8 Å². The maximum absolute atomic E-state index is 13.8. The van der Waals surface area contributed by atoms with Gasteiger partial charge in [-0.15, -0.1) is 0 Å². The molecule has 0 radical (unpaired) electrons. The molecule has 0 aliphatic rings. The van der Waals surface area contributed by atoms with Crippen LogP contribution in [0.15, 0.2) is 54.6 Å². The Hall–Kier alpha value is -3.43. The first-order valence-corrected chi connectivity index (χ1v) is 9.38. The highest BCUT2D eigenvalue weighted by atomic mass is 19.1. The summed E-state index contributed by atoms with van der Waals surface area (Å²) in [5.41, 5.74) is 3.52. The van der Waals surface area contributed by atoms with Crippen molar-refractivity contribution in [1.82, 2.24) is 9.88 Å². The second kappa shape index (κ2) is 8.72. The van der Waals surface area contributed by atoms with Gasteiger partial charge in [-0.05, 0) is 50.1 Å². The summed E-state index contributed by atoms with van der Waals surface area (Å²) < 4.78 is 15.5. The van der Waals surface area contributed by atoms with Crippen molar-refractivity contribution in [3.8, 4) is 11.8 Å². The Kier molecular flexibility index (Phi) is 6.10. The van der Waals surface area contributed by atoms with Crippen LogP contribution >= 0.6 is 0 Å². The minimum absolute atomic E-state index is 0.00383. The molecule has 0 saturated heterocycles. The van der Waals surface area contributed by atoms with Crippen molar-refractivity contribution in [2.75, 3.05) is 11.9 Å². The van der Waals surface area contributed by atoms with Gasteiger partial charge in [-0.1, -0.05) is 36.4 Å². The highest BCUT2D eigenvalue weighted by Gasteiger charge is 2.21. The Bertz CT molecular complexity index is 1070. The van der Waals surface area contributed by atoms with Crippen molar-refractivity contribution in [2.24, 2.45) is 0 Å². The van der Waals surface area contributed by atoms with E-state index in [0.29, 0.717) is 17.1 Å². The van der Waals surface area contributed by atoms with Crippen LogP contribution in [0, 0.1) is 31.0 Å². The molecule has 1 aromatic heterocycles. The fraction of sp³-hybridized carbons (Fsp3) is 0.217. The molecule has 3 aromatic rings. The van der Waals surface area contributed by atoms with E-state index in [2.05, 4.69) is 16.7 Å². The Morgan fingerprint density at radius 3 is 2.55 bits per heavy atom. The molecule has 2 aromatic carbocycles. The largest absolute Gasteiger partial charge is 0.310 e. The van der Waals surface area contributed by atoms with Crippen molar-refractivity contribution >= 4 is 11.7 Å². The quantitative estimate of drug-likeness (QED) is 0.656. The number of carbonyl (C=O) groups is 1. The highest BCUT2D eigenvalue weighted by Crippen LogP contribution is 2.30. The van der Waals surface area contributed by atoms with Crippen molar-refractivity contribution in [1.29, 1.82) is 5.26 Å². The van der Waals surface area contributed by atoms with Gasteiger partial charge in [0, 0.05) is 11.7 Å². The molecule has 3 rings (SSSR count). The van der Waals surface area contributed by atoms with Crippen molar-refractivity contribution in [3.63, 3.8) is 0 Å². The van der Waals surface area contributed by atoms with Gasteiger partial charge in [0.2, 0.25) is 5.91 Å². The number of rotatable bonds is 6. The number of amides is 1. The number of hydrogen-bond acceptors (Lipinski definition) is 3. The average Bonchev–Trinajstić information content (AvgIpc) is 2.96. The molecule has 0 unspecified atom stereocenters. The van der Waals surface area contributed by atoms with E-state index in [9.17, 15) is 14.4 Å². The first kappa shape index (κ1) is 20.3. The van der Waals surface area contributed by atoms with E-state index in [1.54, 1.807) is 16.7 Å². The Labute approximate surface area is 169 Å². The van der Waals surface area contributed by atoms with Gasteiger partial charge in [-0.25, -0.2) is 4.39 Å². The molecule has 1 amide bonds. The van der Waals surface area contributed by atoms with E-state index in [4.69, 9.17) is 0 Å². The predicted molar refractivity (Wildman–Crippen MR) is 111 cm³/mol. The molecule has 5 nitrogen and oxygen atoms in total. The number of nitrogens with one attached hydrogen (secondary N) is 2. The standard InChI is InChI=1S/C23H23FN4O/c1-15-17(3)28(20-11-7-10-19(24)12-20)23(21(15)13-25)27-22(29)14-26-16(2)18-8-5-4-6-9-18/h4-12,16,26H,14H2,1-3H3,(H,27,29)/t16-/m1/s1. The molecule has 1 atom stereocenters. The number of carbonyl (C=O) groups excluding carboxylic acids is 1. The summed E-state index contributed by atoms with van der Waals surface area (Å²) in [4.78, 5) is 12.6. The van der Waals surface area contributed by atoms with E-state index in [1.807, 2.05) is 51.1 Å². The molecule has 0 spiro atoms. The number of halogens is 1. The van der Waals surface area contributed by atoms with Crippen LogP contribution in [0.3, 0.4) is 0 Å². The third-order valence-corrected chi connectivity index (χ3v) is 5.02. The lowest BCUT2D eigenvalue weighted by atomic mass is 10.1. The summed E-state index contributed by atoms with van der Waals surface area (Å²) in [6.07, 6.45) is 0. The topological polar surface area (TPSA) is 69.8 Å². The van der Waals surface area contributed by atoms with Crippen LogP contribution in [0.2, 0.25) is 0 Å². The zero-order valence-corrected chi connectivity index (χ0v) is 16.7. The molecule has 1 heterocycles. The zero-order chi connectivity index (χ0) is 21.0. The van der Waals surface area contributed by atoms with Gasteiger partial charge in [0.1, 0.15) is 17.7 Å².